The number of benzene rings is 9. The third-order valence-electron chi connectivity index (χ3n) is 12.7. The Hall–Kier alpha value is -8.02. The second-order valence-corrected chi connectivity index (χ2v) is 15.7. The van der Waals surface area contributed by atoms with Crippen LogP contribution in [0.5, 0.6) is 0 Å². The van der Waals surface area contributed by atoms with E-state index in [1.807, 2.05) is 0 Å². The Bertz CT molecular complexity index is 4070. The van der Waals surface area contributed by atoms with Gasteiger partial charge in [0.15, 0.2) is 0 Å². The zero-order chi connectivity index (χ0) is 38.3. The van der Waals surface area contributed by atoms with Gasteiger partial charge in [-0.3, -0.25) is 4.57 Å². The second-order valence-electron chi connectivity index (χ2n) is 15.7. The smallest absolute Gasteiger partial charge is 0.235 e. The quantitative estimate of drug-likeness (QED) is 0.180. The minimum Gasteiger partial charge on any atom is -0.309 e. The van der Waals surface area contributed by atoms with E-state index in [0.717, 1.165) is 44.4 Å². The average molecular weight is 750 g/mol. The van der Waals surface area contributed by atoms with Crippen molar-refractivity contribution in [1.29, 1.82) is 0 Å². The Morgan fingerprint density at radius 3 is 1.80 bits per heavy atom. The molecule has 0 unspecified atom stereocenters. The number of para-hydroxylation sites is 5. The number of fused-ring (bicyclic) bond motifs is 16. The lowest BCUT2D eigenvalue weighted by Crippen LogP contribution is -2.03. The molecule has 0 bridgehead atoms. The topological polar surface area (TPSA) is 40.0 Å². The van der Waals surface area contributed by atoms with Crippen LogP contribution in [0.3, 0.4) is 0 Å². The molecule has 5 heterocycles. The molecule has 0 aliphatic rings. The molecule has 59 heavy (non-hydrogen) atoms. The zero-order valence-electron chi connectivity index (χ0n) is 31.6. The summed E-state index contributed by atoms with van der Waals surface area (Å²) in [5.74, 6) is 0.655. The van der Waals surface area contributed by atoms with Gasteiger partial charge in [-0.05, 0) is 71.4 Å². The summed E-state index contributed by atoms with van der Waals surface area (Å²) in [6.07, 6.45) is 0. The van der Waals surface area contributed by atoms with Gasteiger partial charge in [-0.15, -0.1) is 0 Å². The van der Waals surface area contributed by atoms with Crippen LogP contribution < -0.4 is 0 Å². The Labute approximate surface area is 336 Å². The van der Waals surface area contributed by atoms with E-state index in [-0.39, 0.29) is 0 Å². The molecule has 0 N–H and O–H groups in total. The van der Waals surface area contributed by atoms with Gasteiger partial charge in [0.2, 0.25) is 5.95 Å². The molecular formula is C54H31N5. The molecule has 0 radical (unpaired) electrons. The predicted octanol–water partition coefficient (Wildman–Crippen LogP) is 13.8. The van der Waals surface area contributed by atoms with Crippen molar-refractivity contribution in [2.75, 3.05) is 0 Å². The maximum absolute atomic E-state index is 5.63. The Balaban J connectivity index is 1.13. The summed E-state index contributed by atoms with van der Waals surface area (Å²) < 4.78 is 7.16. The van der Waals surface area contributed by atoms with Crippen LogP contribution in [-0.4, -0.2) is 23.5 Å². The fraction of sp³-hybridized carbons (Fsp3) is 0. The average Bonchev–Trinajstić information content (AvgIpc) is 4.03. The maximum Gasteiger partial charge on any atom is 0.235 e. The molecule has 14 rings (SSSR count). The summed E-state index contributed by atoms with van der Waals surface area (Å²) in [5, 5.41) is 13.3. The first-order valence-corrected chi connectivity index (χ1v) is 20.2. The van der Waals surface area contributed by atoms with Crippen molar-refractivity contribution in [2.24, 2.45) is 0 Å². The lowest BCUT2D eigenvalue weighted by atomic mass is 9.99. The minimum atomic E-state index is 0.655. The van der Waals surface area contributed by atoms with Crippen LogP contribution in [0.1, 0.15) is 0 Å². The lowest BCUT2D eigenvalue weighted by molar-refractivity contribution is 1.01. The summed E-state index contributed by atoms with van der Waals surface area (Å²) in [4.78, 5) is 11.1. The van der Waals surface area contributed by atoms with Gasteiger partial charge in [0.1, 0.15) is 0 Å². The van der Waals surface area contributed by atoms with E-state index < -0.39 is 0 Å². The molecule has 272 valence electrons. The van der Waals surface area contributed by atoms with Gasteiger partial charge in [0.05, 0.1) is 49.8 Å². The molecule has 9 aromatic carbocycles. The van der Waals surface area contributed by atoms with E-state index in [1.54, 1.807) is 0 Å². The summed E-state index contributed by atoms with van der Waals surface area (Å²) in [7, 11) is 0. The van der Waals surface area contributed by atoms with Crippen molar-refractivity contribution in [3.05, 3.63) is 188 Å². The summed E-state index contributed by atoms with van der Waals surface area (Å²) in [5.41, 5.74) is 12.2. The number of hydrogen-bond donors (Lipinski definition) is 0. The molecule has 0 saturated carbocycles. The molecule has 0 fully saturated rings. The van der Waals surface area contributed by atoms with E-state index in [1.165, 1.54) is 75.9 Å². The Morgan fingerprint density at radius 1 is 0.339 bits per heavy atom. The van der Waals surface area contributed by atoms with Crippen molar-refractivity contribution in [1.82, 2.24) is 23.5 Å². The van der Waals surface area contributed by atoms with Crippen molar-refractivity contribution >= 4 is 103 Å². The highest BCUT2D eigenvalue weighted by atomic mass is 15.2. The summed E-state index contributed by atoms with van der Waals surface area (Å²) >= 11 is 0. The van der Waals surface area contributed by atoms with Crippen LogP contribution in [0.2, 0.25) is 0 Å². The van der Waals surface area contributed by atoms with Crippen LogP contribution in [0.25, 0.3) is 126 Å². The molecule has 5 aromatic heterocycles. The van der Waals surface area contributed by atoms with Crippen LogP contribution in [-0.2, 0) is 0 Å². The lowest BCUT2D eigenvalue weighted by Gasteiger charge is -2.12. The number of nitrogens with zero attached hydrogens (tertiary/aromatic N) is 5. The molecular weight excluding hydrogens is 719 g/mol. The van der Waals surface area contributed by atoms with Crippen molar-refractivity contribution in [3.63, 3.8) is 0 Å². The first-order valence-electron chi connectivity index (χ1n) is 20.2. The van der Waals surface area contributed by atoms with Crippen molar-refractivity contribution in [2.45, 2.75) is 0 Å². The largest absolute Gasteiger partial charge is 0.309 e. The van der Waals surface area contributed by atoms with Crippen molar-refractivity contribution in [3.8, 4) is 22.9 Å². The zero-order valence-corrected chi connectivity index (χ0v) is 31.6. The number of rotatable bonds is 3. The highest BCUT2D eigenvalue weighted by molar-refractivity contribution is 6.38. The van der Waals surface area contributed by atoms with Crippen LogP contribution in [0.4, 0.5) is 0 Å². The minimum absolute atomic E-state index is 0.655. The predicted molar refractivity (Wildman–Crippen MR) is 246 cm³/mol. The third-order valence-corrected chi connectivity index (χ3v) is 12.7. The fourth-order valence-corrected chi connectivity index (χ4v) is 10.3. The van der Waals surface area contributed by atoms with E-state index >= 15 is 0 Å². The van der Waals surface area contributed by atoms with Crippen LogP contribution in [0.15, 0.2) is 188 Å². The monoisotopic (exact) mass is 749 g/mol. The van der Waals surface area contributed by atoms with Crippen LogP contribution >= 0.6 is 0 Å². The summed E-state index contributed by atoms with van der Waals surface area (Å²) in [6.45, 7) is 0. The number of aromatic nitrogens is 5. The normalized spacial score (nSPS) is 12.4. The van der Waals surface area contributed by atoms with Crippen LogP contribution in [0, 0.1) is 0 Å². The Kier molecular flexibility index (Phi) is 5.96. The van der Waals surface area contributed by atoms with Gasteiger partial charge in [-0.2, -0.15) is 0 Å². The van der Waals surface area contributed by atoms with Gasteiger partial charge in [0.25, 0.3) is 0 Å². The van der Waals surface area contributed by atoms with Gasteiger partial charge in [0, 0.05) is 59.7 Å². The highest BCUT2D eigenvalue weighted by Crippen LogP contribution is 2.48. The first kappa shape index (κ1) is 31.1. The van der Waals surface area contributed by atoms with Gasteiger partial charge < -0.3 is 8.97 Å². The van der Waals surface area contributed by atoms with E-state index in [2.05, 4.69) is 202 Å². The van der Waals surface area contributed by atoms with E-state index in [0.29, 0.717) is 5.95 Å². The summed E-state index contributed by atoms with van der Waals surface area (Å²) in [6, 6.07) is 67.9. The fourth-order valence-electron chi connectivity index (χ4n) is 10.3. The molecule has 0 saturated heterocycles. The van der Waals surface area contributed by atoms with E-state index in [9.17, 15) is 0 Å². The molecule has 5 heteroatoms. The second kappa shape index (κ2) is 11.3. The molecule has 0 aliphatic carbocycles. The highest BCUT2D eigenvalue weighted by Gasteiger charge is 2.26. The molecule has 14 aromatic rings. The molecule has 0 atom stereocenters. The molecule has 5 nitrogen and oxygen atoms in total. The molecule has 0 spiro atoms. The standard InChI is InChI=1S/C54H31N5/c1-2-15-34(16-3-1)57-43-23-11-7-18-36(43)40-30-33(27-28-46(40)57)52-38-20-6-10-22-42(38)55-54(56-52)59-47-29-26-32-14-4-5-17-35(32)49(47)51-48(59)31-41-37-19-8-12-24-44(37)58-45-25-13-9-21-39(45)50(51)53(41)58/h1-31H. The third kappa shape index (κ3) is 4.03. The molecule has 0 aliphatic heterocycles. The van der Waals surface area contributed by atoms with Crippen molar-refractivity contribution < 1.29 is 0 Å². The van der Waals surface area contributed by atoms with Gasteiger partial charge in [-0.25, -0.2) is 9.97 Å². The Morgan fingerprint density at radius 2 is 0.966 bits per heavy atom. The number of hydrogen-bond acceptors (Lipinski definition) is 2. The van der Waals surface area contributed by atoms with E-state index in [4.69, 9.17) is 9.97 Å². The SMILES string of the molecule is c1ccc(-n2c3ccccc3c3cc(-c4nc(-n5c6ccc7ccccc7c6c6c7c8ccccc8n8c9ccccc9c(cc65)c78)nc5ccccc45)ccc32)cc1. The van der Waals surface area contributed by atoms with Gasteiger partial charge in [-0.1, -0.05) is 127 Å². The molecule has 0 amide bonds. The van der Waals surface area contributed by atoms with Gasteiger partial charge >= 0.3 is 0 Å². The maximum atomic E-state index is 5.63. The first-order chi connectivity index (χ1) is 29.3.